The van der Waals surface area contributed by atoms with E-state index in [1.54, 1.807) is 30.2 Å². The molecule has 0 heterocycles. The zero-order valence-corrected chi connectivity index (χ0v) is 11.5. The molecular formula is C14H19N3O3. The number of hydrogen-bond acceptors (Lipinski definition) is 4. The lowest BCUT2D eigenvalue weighted by Crippen LogP contribution is -2.32. The molecule has 1 amide bonds. The van der Waals surface area contributed by atoms with E-state index in [2.05, 4.69) is 11.9 Å². The summed E-state index contributed by atoms with van der Waals surface area (Å²) in [7, 11) is 1.78. The smallest absolute Gasteiger partial charge is 0.269 e. The van der Waals surface area contributed by atoms with Crippen LogP contribution in [0.3, 0.4) is 0 Å². The average molecular weight is 277 g/mol. The first-order valence-corrected chi connectivity index (χ1v) is 6.35. The van der Waals surface area contributed by atoms with Gasteiger partial charge in [-0.05, 0) is 12.6 Å². The summed E-state index contributed by atoms with van der Waals surface area (Å²) in [5.41, 5.74) is 0.766. The van der Waals surface area contributed by atoms with Crippen LogP contribution in [0.25, 0.3) is 0 Å². The number of rotatable bonds is 8. The van der Waals surface area contributed by atoms with Crippen molar-refractivity contribution in [2.45, 2.75) is 13.0 Å². The van der Waals surface area contributed by atoms with Gasteiger partial charge in [0, 0.05) is 38.2 Å². The zero-order valence-electron chi connectivity index (χ0n) is 11.5. The van der Waals surface area contributed by atoms with Crippen LogP contribution in [-0.2, 0) is 11.3 Å². The molecule has 0 unspecified atom stereocenters. The van der Waals surface area contributed by atoms with Crippen LogP contribution >= 0.6 is 0 Å². The maximum Gasteiger partial charge on any atom is 0.269 e. The highest BCUT2D eigenvalue weighted by atomic mass is 16.6. The van der Waals surface area contributed by atoms with Crippen LogP contribution in [0.5, 0.6) is 0 Å². The summed E-state index contributed by atoms with van der Waals surface area (Å²) in [6, 6.07) is 6.32. The Labute approximate surface area is 118 Å². The number of nitrogens with one attached hydrogen (secondary N) is 1. The van der Waals surface area contributed by atoms with Crippen molar-refractivity contribution in [2.75, 3.05) is 20.1 Å². The first-order valence-electron chi connectivity index (χ1n) is 6.35. The molecule has 0 aliphatic heterocycles. The van der Waals surface area contributed by atoms with E-state index in [0.29, 0.717) is 26.1 Å². The SMILES string of the molecule is C=CCN(Cc1cccc([N+](=O)[O-])c1)C(=O)CCNC. The molecule has 0 fully saturated rings. The lowest BCUT2D eigenvalue weighted by molar-refractivity contribution is -0.384. The standard InChI is InChI=1S/C14H19N3O3/c1-3-9-16(14(18)7-8-15-2)11-12-5-4-6-13(10-12)17(19)20/h3-6,10,15H,1,7-9,11H2,2H3. The van der Waals surface area contributed by atoms with Gasteiger partial charge in [0.2, 0.25) is 5.91 Å². The molecule has 108 valence electrons. The Hall–Kier alpha value is -2.21. The Bertz CT molecular complexity index is 488. The number of amides is 1. The summed E-state index contributed by atoms with van der Waals surface area (Å²) in [4.78, 5) is 23.9. The van der Waals surface area contributed by atoms with E-state index in [1.165, 1.54) is 12.1 Å². The van der Waals surface area contributed by atoms with E-state index in [0.717, 1.165) is 5.56 Å². The highest BCUT2D eigenvalue weighted by Gasteiger charge is 2.13. The molecule has 0 aromatic heterocycles. The van der Waals surface area contributed by atoms with Crippen molar-refractivity contribution in [1.29, 1.82) is 0 Å². The van der Waals surface area contributed by atoms with Crippen LogP contribution in [0, 0.1) is 10.1 Å². The Balaban J connectivity index is 2.79. The van der Waals surface area contributed by atoms with Gasteiger partial charge in [-0.3, -0.25) is 14.9 Å². The first-order chi connectivity index (χ1) is 9.58. The van der Waals surface area contributed by atoms with Gasteiger partial charge in [-0.1, -0.05) is 18.2 Å². The highest BCUT2D eigenvalue weighted by Crippen LogP contribution is 2.15. The van der Waals surface area contributed by atoms with Crippen LogP contribution in [0.15, 0.2) is 36.9 Å². The molecule has 0 spiro atoms. The number of hydrogen-bond donors (Lipinski definition) is 1. The lowest BCUT2D eigenvalue weighted by Gasteiger charge is -2.21. The molecule has 6 heteroatoms. The Morgan fingerprint density at radius 3 is 2.90 bits per heavy atom. The van der Waals surface area contributed by atoms with Crippen LogP contribution in [0.1, 0.15) is 12.0 Å². The van der Waals surface area contributed by atoms with Crippen molar-refractivity contribution in [1.82, 2.24) is 10.2 Å². The monoisotopic (exact) mass is 277 g/mol. The first kappa shape index (κ1) is 15.8. The maximum absolute atomic E-state index is 12.0. The van der Waals surface area contributed by atoms with Crippen LogP contribution in [-0.4, -0.2) is 35.9 Å². The number of carbonyl (C=O) groups is 1. The van der Waals surface area contributed by atoms with E-state index in [9.17, 15) is 14.9 Å². The van der Waals surface area contributed by atoms with Crippen LogP contribution in [0.2, 0.25) is 0 Å². The second kappa shape index (κ2) is 8.06. The highest BCUT2D eigenvalue weighted by molar-refractivity contribution is 5.76. The van der Waals surface area contributed by atoms with Crippen molar-refractivity contribution in [3.8, 4) is 0 Å². The molecule has 0 radical (unpaired) electrons. The molecule has 1 N–H and O–H groups in total. The largest absolute Gasteiger partial charge is 0.335 e. The molecular weight excluding hydrogens is 258 g/mol. The second-order valence-electron chi connectivity index (χ2n) is 4.34. The Morgan fingerprint density at radius 1 is 1.55 bits per heavy atom. The normalized spacial score (nSPS) is 10.1. The predicted octanol–water partition coefficient (Wildman–Crippen LogP) is 1.72. The van der Waals surface area contributed by atoms with Crippen molar-refractivity contribution < 1.29 is 9.72 Å². The Morgan fingerprint density at radius 2 is 2.30 bits per heavy atom. The minimum Gasteiger partial charge on any atom is -0.335 e. The zero-order chi connectivity index (χ0) is 15.0. The molecule has 1 aromatic rings. The van der Waals surface area contributed by atoms with Crippen molar-refractivity contribution in [2.24, 2.45) is 0 Å². The van der Waals surface area contributed by atoms with E-state index >= 15 is 0 Å². The summed E-state index contributed by atoms with van der Waals surface area (Å²) in [6.07, 6.45) is 2.04. The minimum absolute atomic E-state index is 0.00856. The topological polar surface area (TPSA) is 75.5 Å². The van der Waals surface area contributed by atoms with E-state index < -0.39 is 4.92 Å². The average Bonchev–Trinajstić information content (AvgIpc) is 2.44. The van der Waals surface area contributed by atoms with Crippen molar-refractivity contribution >= 4 is 11.6 Å². The van der Waals surface area contributed by atoms with Gasteiger partial charge in [0.1, 0.15) is 0 Å². The maximum atomic E-state index is 12.0. The molecule has 20 heavy (non-hydrogen) atoms. The van der Waals surface area contributed by atoms with E-state index in [-0.39, 0.29) is 11.6 Å². The van der Waals surface area contributed by atoms with Gasteiger partial charge in [0.15, 0.2) is 0 Å². The van der Waals surface area contributed by atoms with Gasteiger partial charge in [-0.25, -0.2) is 0 Å². The minimum atomic E-state index is -0.440. The fourth-order valence-corrected chi connectivity index (χ4v) is 1.79. The molecule has 0 aliphatic rings. The third kappa shape index (κ3) is 4.81. The van der Waals surface area contributed by atoms with Gasteiger partial charge >= 0.3 is 0 Å². The van der Waals surface area contributed by atoms with E-state index in [1.807, 2.05) is 0 Å². The quantitative estimate of drug-likeness (QED) is 0.446. The third-order valence-electron chi connectivity index (χ3n) is 2.79. The van der Waals surface area contributed by atoms with Gasteiger partial charge in [-0.15, -0.1) is 6.58 Å². The molecule has 0 atom stereocenters. The van der Waals surface area contributed by atoms with Crippen LogP contribution in [0.4, 0.5) is 5.69 Å². The summed E-state index contributed by atoms with van der Waals surface area (Å²) in [5.74, 6) is -0.00856. The van der Waals surface area contributed by atoms with Crippen molar-refractivity contribution in [3.63, 3.8) is 0 Å². The number of benzene rings is 1. The number of carbonyl (C=O) groups excluding carboxylic acids is 1. The van der Waals surface area contributed by atoms with Gasteiger partial charge in [0.05, 0.1) is 4.92 Å². The molecule has 0 bridgehead atoms. The van der Waals surface area contributed by atoms with Gasteiger partial charge < -0.3 is 10.2 Å². The Kier molecular flexibility index (Phi) is 6.39. The summed E-state index contributed by atoms with van der Waals surface area (Å²) in [6.45, 7) is 5.00. The second-order valence-corrected chi connectivity index (χ2v) is 4.34. The fraction of sp³-hybridized carbons (Fsp3) is 0.357. The van der Waals surface area contributed by atoms with E-state index in [4.69, 9.17) is 0 Å². The van der Waals surface area contributed by atoms with Gasteiger partial charge in [0.25, 0.3) is 5.69 Å². The third-order valence-corrected chi connectivity index (χ3v) is 2.79. The molecule has 0 aliphatic carbocycles. The number of nitrogens with zero attached hydrogens (tertiary/aromatic N) is 2. The summed E-state index contributed by atoms with van der Waals surface area (Å²) < 4.78 is 0. The fourth-order valence-electron chi connectivity index (χ4n) is 1.79. The lowest BCUT2D eigenvalue weighted by atomic mass is 10.2. The predicted molar refractivity (Wildman–Crippen MR) is 77.3 cm³/mol. The molecule has 1 aromatic carbocycles. The molecule has 0 saturated carbocycles. The van der Waals surface area contributed by atoms with Gasteiger partial charge in [-0.2, -0.15) is 0 Å². The van der Waals surface area contributed by atoms with Crippen molar-refractivity contribution in [3.05, 3.63) is 52.6 Å². The number of non-ortho nitro benzene ring substituents is 1. The number of nitro benzene ring substituents is 1. The molecule has 1 rings (SSSR count). The summed E-state index contributed by atoms with van der Waals surface area (Å²) in [5, 5.41) is 13.7. The summed E-state index contributed by atoms with van der Waals surface area (Å²) >= 11 is 0. The number of nitro groups is 1. The van der Waals surface area contributed by atoms with Crippen LogP contribution < -0.4 is 5.32 Å². The molecule has 0 saturated heterocycles. The molecule has 6 nitrogen and oxygen atoms in total.